The zero-order valence-electron chi connectivity index (χ0n) is 7.82. The molecule has 0 saturated carbocycles. The van der Waals surface area contributed by atoms with E-state index in [1.165, 1.54) is 0 Å². The highest BCUT2D eigenvalue weighted by atomic mass is 16.5. The average molecular weight is 176 g/mol. The number of hydrogen-bond donors (Lipinski definition) is 0. The Kier molecular flexibility index (Phi) is 3.27. The lowest BCUT2D eigenvalue weighted by atomic mass is 10.2. The molecule has 0 amide bonds. The topological polar surface area (TPSA) is 45.9 Å². The Labute approximate surface area is 78.0 Å². The van der Waals surface area contributed by atoms with Crippen LogP contribution in [0.25, 0.3) is 0 Å². The zero-order chi connectivity index (χ0) is 9.68. The second-order valence-electron chi connectivity index (χ2n) is 2.82. The Morgan fingerprint density at radius 1 is 1.69 bits per heavy atom. The predicted octanol–water partition coefficient (Wildman–Crippen LogP) is 2.13. The van der Waals surface area contributed by atoms with Gasteiger partial charge >= 0.3 is 0 Å². The SMILES string of the molecule is CCC(C)Oc1cnccc1C#N. The molecule has 1 heterocycles. The Balaban J connectivity index is 2.82. The van der Waals surface area contributed by atoms with Gasteiger partial charge in [0, 0.05) is 6.20 Å². The van der Waals surface area contributed by atoms with Crippen molar-refractivity contribution in [2.24, 2.45) is 0 Å². The van der Waals surface area contributed by atoms with Gasteiger partial charge in [0.25, 0.3) is 0 Å². The molecule has 0 aliphatic rings. The van der Waals surface area contributed by atoms with Crippen LogP contribution in [-0.4, -0.2) is 11.1 Å². The molecule has 13 heavy (non-hydrogen) atoms. The van der Waals surface area contributed by atoms with E-state index in [1.54, 1.807) is 18.5 Å². The molecule has 1 aromatic rings. The minimum Gasteiger partial charge on any atom is -0.488 e. The highest BCUT2D eigenvalue weighted by Gasteiger charge is 2.05. The molecule has 0 fully saturated rings. The van der Waals surface area contributed by atoms with Crippen molar-refractivity contribution < 1.29 is 4.74 Å². The van der Waals surface area contributed by atoms with Crippen LogP contribution in [0.15, 0.2) is 18.5 Å². The molecule has 0 bridgehead atoms. The standard InChI is InChI=1S/C10H12N2O/c1-3-8(2)13-10-7-12-5-4-9(10)6-11/h4-5,7-8H,3H2,1-2H3. The molecule has 0 aliphatic carbocycles. The molecule has 0 saturated heterocycles. The van der Waals surface area contributed by atoms with Gasteiger partial charge in [-0.15, -0.1) is 0 Å². The Hall–Kier alpha value is -1.56. The molecule has 3 nitrogen and oxygen atoms in total. The molecule has 0 aromatic carbocycles. The maximum Gasteiger partial charge on any atom is 0.155 e. The predicted molar refractivity (Wildman–Crippen MR) is 49.3 cm³/mol. The first-order valence-corrected chi connectivity index (χ1v) is 4.28. The summed E-state index contributed by atoms with van der Waals surface area (Å²) in [7, 11) is 0. The van der Waals surface area contributed by atoms with E-state index in [-0.39, 0.29) is 6.10 Å². The summed E-state index contributed by atoms with van der Waals surface area (Å²) in [6.07, 6.45) is 4.20. The third kappa shape index (κ3) is 2.45. The van der Waals surface area contributed by atoms with Gasteiger partial charge in [-0.2, -0.15) is 5.26 Å². The third-order valence-corrected chi connectivity index (χ3v) is 1.81. The minimum atomic E-state index is 0.122. The number of aromatic nitrogens is 1. The van der Waals surface area contributed by atoms with E-state index in [0.717, 1.165) is 6.42 Å². The summed E-state index contributed by atoms with van der Waals surface area (Å²) >= 11 is 0. The number of ether oxygens (including phenoxy) is 1. The minimum absolute atomic E-state index is 0.122. The van der Waals surface area contributed by atoms with E-state index in [4.69, 9.17) is 10.00 Å². The normalized spacial score (nSPS) is 11.8. The molecular weight excluding hydrogens is 164 g/mol. The van der Waals surface area contributed by atoms with Crippen molar-refractivity contribution in [3.8, 4) is 11.8 Å². The molecular formula is C10H12N2O. The van der Waals surface area contributed by atoms with Crippen molar-refractivity contribution >= 4 is 0 Å². The van der Waals surface area contributed by atoms with Crippen molar-refractivity contribution in [3.05, 3.63) is 24.0 Å². The molecule has 0 N–H and O–H groups in total. The fourth-order valence-corrected chi connectivity index (χ4v) is 0.866. The summed E-state index contributed by atoms with van der Waals surface area (Å²) in [4.78, 5) is 3.90. The average Bonchev–Trinajstić information content (AvgIpc) is 2.18. The molecule has 1 atom stereocenters. The summed E-state index contributed by atoms with van der Waals surface area (Å²) in [6.45, 7) is 4.00. The van der Waals surface area contributed by atoms with Crippen LogP contribution in [0.4, 0.5) is 0 Å². The zero-order valence-corrected chi connectivity index (χ0v) is 7.82. The lowest BCUT2D eigenvalue weighted by Gasteiger charge is -2.12. The second-order valence-corrected chi connectivity index (χ2v) is 2.82. The van der Waals surface area contributed by atoms with E-state index in [1.807, 2.05) is 13.8 Å². The lowest BCUT2D eigenvalue weighted by Crippen LogP contribution is -2.10. The van der Waals surface area contributed by atoms with Gasteiger partial charge in [-0.3, -0.25) is 4.98 Å². The smallest absolute Gasteiger partial charge is 0.155 e. The van der Waals surface area contributed by atoms with E-state index >= 15 is 0 Å². The van der Waals surface area contributed by atoms with Crippen LogP contribution in [0.1, 0.15) is 25.8 Å². The maximum absolute atomic E-state index is 8.75. The van der Waals surface area contributed by atoms with Gasteiger partial charge < -0.3 is 4.74 Å². The largest absolute Gasteiger partial charge is 0.488 e. The van der Waals surface area contributed by atoms with Crippen LogP contribution in [0.5, 0.6) is 5.75 Å². The van der Waals surface area contributed by atoms with Crippen LogP contribution >= 0.6 is 0 Å². The fraction of sp³-hybridized carbons (Fsp3) is 0.400. The van der Waals surface area contributed by atoms with Gasteiger partial charge in [-0.1, -0.05) is 6.92 Å². The van der Waals surface area contributed by atoms with Crippen molar-refractivity contribution in [2.75, 3.05) is 0 Å². The van der Waals surface area contributed by atoms with Gasteiger partial charge in [-0.05, 0) is 19.4 Å². The Morgan fingerprint density at radius 3 is 3.08 bits per heavy atom. The van der Waals surface area contributed by atoms with E-state index in [0.29, 0.717) is 11.3 Å². The molecule has 1 rings (SSSR count). The van der Waals surface area contributed by atoms with Crippen molar-refractivity contribution in [3.63, 3.8) is 0 Å². The van der Waals surface area contributed by atoms with Crippen LogP contribution < -0.4 is 4.74 Å². The first kappa shape index (κ1) is 9.53. The molecule has 3 heteroatoms. The Bertz CT molecular complexity index is 317. The summed E-state index contributed by atoms with van der Waals surface area (Å²) < 4.78 is 5.50. The van der Waals surface area contributed by atoms with Gasteiger partial charge in [0.1, 0.15) is 6.07 Å². The van der Waals surface area contributed by atoms with E-state index < -0.39 is 0 Å². The monoisotopic (exact) mass is 176 g/mol. The highest BCUT2D eigenvalue weighted by molar-refractivity contribution is 5.40. The van der Waals surface area contributed by atoms with Crippen LogP contribution in [-0.2, 0) is 0 Å². The molecule has 1 aromatic heterocycles. The first-order valence-electron chi connectivity index (χ1n) is 4.28. The van der Waals surface area contributed by atoms with Crippen LogP contribution in [0, 0.1) is 11.3 Å². The molecule has 1 unspecified atom stereocenters. The van der Waals surface area contributed by atoms with Crippen LogP contribution in [0.2, 0.25) is 0 Å². The summed E-state index contributed by atoms with van der Waals surface area (Å²) in [5.41, 5.74) is 0.537. The van der Waals surface area contributed by atoms with Crippen molar-refractivity contribution in [1.29, 1.82) is 5.26 Å². The van der Waals surface area contributed by atoms with Gasteiger partial charge in [0.15, 0.2) is 5.75 Å². The molecule has 0 spiro atoms. The van der Waals surface area contributed by atoms with Gasteiger partial charge in [-0.25, -0.2) is 0 Å². The quantitative estimate of drug-likeness (QED) is 0.708. The van der Waals surface area contributed by atoms with Crippen LogP contribution in [0.3, 0.4) is 0 Å². The van der Waals surface area contributed by atoms with Gasteiger partial charge in [0.2, 0.25) is 0 Å². The third-order valence-electron chi connectivity index (χ3n) is 1.81. The summed E-state index contributed by atoms with van der Waals surface area (Å²) in [5.74, 6) is 0.569. The summed E-state index contributed by atoms with van der Waals surface area (Å²) in [5, 5.41) is 8.75. The number of rotatable bonds is 3. The van der Waals surface area contributed by atoms with Crippen molar-refractivity contribution in [2.45, 2.75) is 26.4 Å². The highest BCUT2D eigenvalue weighted by Crippen LogP contribution is 2.17. The number of pyridine rings is 1. The summed E-state index contributed by atoms with van der Waals surface area (Å²) in [6, 6.07) is 3.71. The molecule has 0 radical (unpaired) electrons. The molecule has 68 valence electrons. The number of nitriles is 1. The van der Waals surface area contributed by atoms with Crippen molar-refractivity contribution in [1.82, 2.24) is 4.98 Å². The number of nitrogens with zero attached hydrogens (tertiary/aromatic N) is 2. The molecule has 0 aliphatic heterocycles. The number of hydrogen-bond acceptors (Lipinski definition) is 3. The van der Waals surface area contributed by atoms with E-state index in [9.17, 15) is 0 Å². The van der Waals surface area contributed by atoms with E-state index in [2.05, 4.69) is 11.1 Å². The van der Waals surface area contributed by atoms with Gasteiger partial charge in [0.05, 0.1) is 17.9 Å². The lowest BCUT2D eigenvalue weighted by molar-refractivity contribution is 0.216. The second kappa shape index (κ2) is 4.46. The first-order chi connectivity index (χ1) is 6.27. The Morgan fingerprint density at radius 2 is 2.46 bits per heavy atom. The maximum atomic E-state index is 8.75. The fourth-order valence-electron chi connectivity index (χ4n) is 0.866.